The Morgan fingerprint density at radius 1 is 0.164 bits per heavy atom. The van der Waals surface area contributed by atoms with E-state index >= 15 is 0 Å². The number of aromatic nitrogens is 2. The molecule has 0 N–H and O–H groups in total. The molecule has 24 rings (SSSR count). The Morgan fingerprint density at radius 2 is 0.367 bits per heavy atom. The molecule has 20 aromatic carbocycles. The number of hydrogen-bond acceptors (Lipinski definition) is 4. The van der Waals surface area contributed by atoms with Crippen LogP contribution in [-0.2, 0) is 12.8 Å². The predicted octanol–water partition coefficient (Wildman–Crippen LogP) is 33.7. The highest BCUT2D eigenvalue weighted by Gasteiger charge is 2.22. The Hall–Kier alpha value is -16.8. The molecular formula is C122H82N4O2. The second-order valence-electron chi connectivity index (χ2n) is 33.4. The third-order valence-electron chi connectivity index (χ3n) is 26.0. The number of para-hydroxylation sites is 8. The van der Waals surface area contributed by atoms with Crippen LogP contribution in [0, 0.1) is 0 Å². The molecule has 0 radical (unpaired) electrons. The molecule has 0 aliphatic heterocycles. The lowest BCUT2D eigenvalue weighted by atomic mass is 9.97. The van der Waals surface area contributed by atoms with Crippen molar-refractivity contribution in [3.63, 3.8) is 0 Å². The van der Waals surface area contributed by atoms with Crippen LogP contribution >= 0.6 is 0 Å². The van der Waals surface area contributed by atoms with Gasteiger partial charge in [0, 0.05) is 99.7 Å². The molecule has 6 nitrogen and oxygen atoms in total. The fraction of sp³-hybridized carbons (Fsp3) is 0.0164. The summed E-state index contributed by atoms with van der Waals surface area (Å²) in [5.74, 6) is 0. The standard InChI is InChI=1S/C122H82N4O2/c1-7-25-115-107(15-1)108-16-2-8-26-116(108)125(115)103-73-57-93(58-74-103)91-53-69-99(70-54-91)123(101-77-61-95(62-78-101)105-21-13-23-113-111-19-5-11-29-119(111)127-121(105)113)97-65-49-89(50-66-97)87-45-41-85(42-46-87)83-37-33-81(34-38-83)31-32-82-35-39-84(40-36-82)86-43-47-88(48-44-86)90-51-67-98(68-52-90)124(102-79-63-96(64-80-102)106-22-14-24-114-112-20-6-12-30-120(112)128-122(106)114)100-71-55-92(56-72-100)94-59-75-104(76-60-94)126-117-27-9-3-17-109(117)110-18-4-10-28-118(110)126/h1-30,33-80H,31-32H2. The van der Waals surface area contributed by atoms with Gasteiger partial charge in [-0.2, -0.15) is 0 Å². The van der Waals surface area contributed by atoms with Crippen molar-refractivity contribution >= 4 is 122 Å². The van der Waals surface area contributed by atoms with Gasteiger partial charge in [-0.15, -0.1) is 0 Å². The van der Waals surface area contributed by atoms with Gasteiger partial charge in [-0.25, -0.2) is 0 Å². The Labute approximate surface area is 741 Å². The van der Waals surface area contributed by atoms with Gasteiger partial charge < -0.3 is 27.8 Å². The molecule has 6 heteroatoms. The van der Waals surface area contributed by atoms with E-state index in [1.807, 2.05) is 24.3 Å². The summed E-state index contributed by atoms with van der Waals surface area (Å²) in [6.45, 7) is 0. The van der Waals surface area contributed by atoms with Gasteiger partial charge in [0.15, 0.2) is 0 Å². The van der Waals surface area contributed by atoms with Crippen LogP contribution in [-0.4, -0.2) is 9.13 Å². The van der Waals surface area contributed by atoms with Crippen LogP contribution in [0.5, 0.6) is 0 Å². The van der Waals surface area contributed by atoms with E-state index in [0.717, 1.165) is 169 Å². The van der Waals surface area contributed by atoms with E-state index in [1.165, 1.54) is 77.0 Å². The number of rotatable bonds is 19. The molecule has 128 heavy (non-hydrogen) atoms. The lowest BCUT2D eigenvalue weighted by Gasteiger charge is -2.26. The largest absolute Gasteiger partial charge is 0.455 e. The van der Waals surface area contributed by atoms with E-state index in [0.29, 0.717) is 0 Å². The third-order valence-corrected chi connectivity index (χ3v) is 26.0. The topological polar surface area (TPSA) is 42.6 Å². The Bertz CT molecular complexity index is 7650. The van der Waals surface area contributed by atoms with Crippen LogP contribution < -0.4 is 9.80 Å². The molecule has 602 valence electrons. The molecule has 0 amide bonds. The second-order valence-corrected chi connectivity index (χ2v) is 33.4. The van der Waals surface area contributed by atoms with E-state index < -0.39 is 0 Å². The Morgan fingerprint density at radius 3 is 0.633 bits per heavy atom. The zero-order valence-corrected chi connectivity index (χ0v) is 70.1. The Balaban J connectivity index is 0.440. The number of hydrogen-bond donors (Lipinski definition) is 0. The summed E-state index contributed by atoms with van der Waals surface area (Å²) in [7, 11) is 0. The fourth-order valence-corrected chi connectivity index (χ4v) is 19.4. The molecule has 24 aromatic rings. The van der Waals surface area contributed by atoms with Gasteiger partial charge in [0.25, 0.3) is 0 Å². The number of anilines is 6. The van der Waals surface area contributed by atoms with Crippen LogP contribution in [0.2, 0.25) is 0 Å². The lowest BCUT2D eigenvalue weighted by molar-refractivity contribution is 0.669. The van der Waals surface area contributed by atoms with Crippen molar-refractivity contribution in [2.75, 3.05) is 9.80 Å². The first-order valence-corrected chi connectivity index (χ1v) is 44.0. The van der Waals surface area contributed by atoms with Crippen molar-refractivity contribution < 1.29 is 8.83 Å². The molecule has 0 bridgehead atoms. The van der Waals surface area contributed by atoms with Gasteiger partial charge in [-0.05, 0) is 235 Å². The van der Waals surface area contributed by atoms with Crippen LogP contribution in [0.25, 0.3) is 188 Å². The average molecular weight is 1640 g/mol. The van der Waals surface area contributed by atoms with Gasteiger partial charge >= 0.3 is 0 Å². The van der Waals surface area contributed by atoms with Crippen LogP contribution in [0.4, 0.5) is 34.1 Å². The molecule has 0 fully saturated rings. The van der Waals surface area contributed by atoms with E-state index in [2.05, 4.69) is 468 Å². The smallest absolute Gasteiger partial charge is 0.143 e. The minimum absolute atomic E-state index is 0.894. The number of nitrogens with zero attached hydrogens (tertiary/aromatic N) is 4. The number of benzene rings is 20. The summed E-state index contributed by atoms with van der Waals surface area (Å²) in [6.07, 6.45) is 1.91. The van der Waals surface area contributed by atoms with E-state index in [4.69, 9.17) is 8.83 Å². The van der Waals surface area contributed by atoms with Crippen LogP contribution in [0.3, 0.4) is 0 Å². The second kappa shape index (κ2) is 31.8. The van der Waals surface area contributed by atoms with E-state index in [9.17, 15) is 0 Å². The van der Waals surface area contributed by atoms with Crippen LogP contribution in [0.15, 0.2) is 482 Å². The monoisotopic (exact) mass is 1630 g/mol. The molecule has 0 saturated carbocycles. The van der Waals surface area contributed by atoms with Crippen molar-refractivity contribution in [1.82, 2.24) is 9.13 Å². The summed E-state index contributed by atoms with van der Waals surface area (Å²) in [4.78, 5) is 4.70. The van der Waals surface area contributed by atoms with E-state index in [-0.39, 0.29) is 0 Å². The van der Waals surface area contributed by atoms with Gasteiger partial charge in [-0.3, -0.25) is 0 Å². The average Bonchev–Trinajstić information content (AvgIpc) is 1.60. The molecule has 4 heterocycles. The Kier molecular flexibility index (Phi) is 18.6. The zero-order chi connectivity index (χ0) is 84.5. The first-order chi connectivity index (χ1) is 63.4. The van der Waals surface area contributed by atoms with Crippen molar-refractivity contribution in [1.29, 1.82) is 0 Å². The maximum atomic E-state index is 6.51. The first kappa shape index (κ1) is 75.0. The molecule has 0 spiro atoms. The highest BCUT2D eigenvalue weighted by atomic mass is 16.3. The normalized spacial score (nSPS) is 11.7. The first-order valence-electron chi connectivity index (χ1n) is 44.0. The number of fused-ring (bicyclic) bond motifs is 12. The van der Waals surface area contributed by atoms with Gasteiger partial charge in [0.2, 0.25) is 0 Å². The molecule has 0 aliphatic rings. The minimum Gasteiger partial charge on any atom is -0.455 e. The van der Waals surface area contributed by atoms with Gasteiger partial charge in [-0.1, -0.05) is 340 Å². The number of furan rings is 2. The van der Waals surface area contributed by atoms with Crippen LogP contribution in [0.1, 0.15) is 11.1 Å². The summed E-state index contributed by atoms with van der Waals surface area (Å²) in [5, 5.41) is 9.52. The maximum Gasteiger partial charge on any atom is 0.143 e. The molecule has 0 unspecified atom stereocenters. The minimum atomic E-state index is 0.894. The van der Waals surface area contributed by atoms with Crippen molar-refractivity contribution in [3.8, 4) is 100 Å². The summed E-state index contributed by atoms with van der Waals surface area (Å²) < 4.78 is 17.8. The zero-order valence-electron chi connectivity index (χ0n) is 70.1. The molecular weight excluding hydrogens is 1550 g/mol. The maximum absolute atomic E-state index is 6.51. The highest BCUT2D eigenvalue weighted by Crippen LogP contribution is 2.46. The summed E-state index contributed by atoms with van der Waals surface area (Å²) >= 11 is 0. The third kappa shape index (κ3) is 13.6. The van der Waals surface area contributed by atoms with Crippen molar-refractivity contribution in [2.45, 2.75) is 12.8 Å². The molecule has 0 atom stereocenters. The predicted molar refractivity (Wildman–Crippen MR) is 536 cm³/mol. The van der Waals surface area contributed by atoms with Crippen molar-refractivity contribution in [2.24, 2.45) is 0 Å². The summed E-state index contributed by atoms with van der Waals surface area (Å²) in [6, 6.07) is 172. The molecule has 0 aliphatic carbocycles. The van der Waals surface area contributed by atoms with Gasteiger partial charge in [0.05, 0.1) is 22.1 Å². The fourth-order valence-electron chi connectivity index (χ4n) is 19.4. The van der Waals surface area contributed by atoms with Crippen molar-refractivity contribution in [3.05, 3.63) is 484 Å². The number of aryl methyl sites for hydroxylation is 2. The molecule has 0 saturated heterocycles. The van der Waals surface area contributed by atoms with Gasteiger partial charge in [0.1, 0.15) is 22.3 Å². The molecule has 4 aromatic heterocycles. The lowest BCUT2D eigenvalue weighted by Crippen LogP contribution is -2.09. The highest BCUT2D eigenvalue weighted by molar-refractivity contribution is 6.13. The SMILES string of the molecule is c1ccc2c(c1)oc1c(-c3ccc(N(c4ccc(-c5ccc(-c6ccc(CCc7ccc(-c8ccc(-c9ccc(N(c%10ccc(-c%11ccc(-n%12c%13ccccc%13c%13ccccc%13%12)cc%11)cc%10)c%10ccc(-c%11cccc%12c%11oc%11ccccc%11%12)cc%10)cc9)cc8)cc7)cc6)cc5)cc4)c4ccc(-c5ccc(-n6c7ccccc7c7ccccc76)cc5)cc4)cc3)cccc12. The summed E-state index contributed by atoms with van der Waals surface area (Å²) in [5.41, 5.74) is 38.1. The van der Waals surface area contributed by atoms with E-state index in [1.54, 1.807) is 0 Å². The quantitative estimate of drug-likeness (QED) is 0.0809.